The zero-order valence-corrected chi connectivity index (χ0v) is 13.5. The van der Waals surface area contributed by atoms with Gasteiger partial charge < -0.3 is 4.74 Å². The van der Waals surface area contributed by atoms with E-state index in [1.54, 1.807) is 6.07 Å². The van der Waals surface area contributed by atoms with Crippen molar-refractivity contribution in [1.82, 2.24) is 9.55 Å². The number of benzene rings is 1. The summed E-state index contributed by atoms with van der Waals surface area (Å²) in [5.41, 5.74) is 0.592. The molecule has 1 aromatic carbocycles. The standard InChI is InChI=1S/C14H13N3O4S2/c15-23(19,20)11-3-1-10(2-4-11)21-7-6-17-9-16-12-5-8-22-13(12)14(17)18/h1-5,8-9H,6-7H2,(H2,15,19,20). The minimum Gasteiger partial charge on any atom is -0.492 e. The van der Waals surface area contributed by atoms with E-state index in [1.807, 2.05) is 5.38 Å². The number of nitrogens with zero attached hydrogens (tertiary/aromatic N) is 2. The fraction of sp³-hybridized carbons (Fsp3) is 0.143. The number of nitrogens with two attached hydrogens (primary N) is 1. The molecule has 0 aliphatic heterocycles. The first-order valence-electron chi connectivity index (χ1n) is 6.63. The third-order valence-electron chi connectivity index (χ3n) is 3.19. The van der Waals surface area contributed by atoms with Gasteiger partial charge in [0.25, 0.3) is 5.56 Å². The number of sulfonamides is 1. The zero-order valence-electron chi connectivity index (χ0n) is 11.9. The van der Waals surface area contributed by atoms with Gasteiger partial charge in [-0.1, -0.05) is 0 Å². The fourth-order valence-electron chi connectivity index (χ4n) is 2.03. The third-order valence-corrected chi connectivity index (χ3v) is 5.01. The Morgan fingerprint density at radius 3 is 2.65 bits per heavy atom. The lowest BCUT2D eigenvalue weighted by molar-refractivity contribution is 0.296. The first kappa shape index (κ1) is 15.7. The molecule has 0 aliphatic rings. The molecule has 0 bridgehead atoms. The van der Waals surface area contributed by atoms with Crippen LogP contribution >= 0.6 is 11.3 Å². The normalized spacial score (nSPS) is 11.7. The van der Waals surface area contributed by atoms with Crippen LogP contribution in [0.5, 0.6) is 5.75 Å². The maximum atomic E-state index is 12.2. The van der Waals surface area contributed by atoms with Crippen molar-refractivity contribution in [1.29, 1.82) is 0 Å². The minimum atomic E-state index is -3.71. The third kappa shape index (κ3) is 3.41. The van der Waals surface area contributed by atoms with Crippen LogP contribution in [0.2, 0.25) is 0 Å². The molecule has 0 saturated heterocycles. The predicted octanol–water partition coefficient (Wildman–Crippen LogP) is 1.18. The summed E-state index contributed by atoms with van der Waals surface area (Å²) in [6.45, 7) is 0.601. The van der Waals surface area contributed by atoms with E-state index in [9.17, 15) is 13.2 Å². The highest BCUT2D eigenvalue weighted by molar-refractivity contribution is 7.89. The average Bonchev–Trinajstić information content (AvgIpc) is 2.99. The van der Waals surface area contributed by atoms with Crippen molar-refractivity contribution in [2.45, 2.75) is 11.4 Å². The lowest BCUT2D eigenvalue weighted by atomic mass is 10.3. The maximum absolute atomic E-state index is 12.2. The molecule has 120 valence electrons. The molecule has 2 heterocycles. The Morgan fingerprint density at radius 2 is 1.96 bits per heavy atom. The molecule has 0 saturated carbocycles. The summed E-state index contributed by atoms with van der Waals surface area (Å²) >= 11 is 1.36. The van der Waals surface area contributed by atoms with Crippen LogP contribution in [0.3, 0.4) is 0 Å². The van der Waals surface area contributed by atoms with Crippen molar-refractivity contribution in [3.8, 4) is 5.75 Å². The number of primary sulfonamides is 1. The van der Waals surface area contributed by atoms with Crippen LogP contribution in [-0.2, 0) is 16.6 Å². The van der Waals surface area contributed by atoms with E-state index in [0.29, 0.717) is 22.5 Å². The van der Waals surface area contributed by atoms with E-state index in [-0.39, 0.29) is 17.1 Å². The Balaban J connectivity index is 1.67. The highest BCUT2D eigenvalue weighted by Crippen LogP contribution is 2.15. The van der Waals surface area contributed by atoms with Crippen LogP contribution in [-0.4, -0.2) is 24.6 Å². The number of rotatable bonds is 5. The number of aromatic nitrogens is 2. The maximum Gasteiger partial charge on any atom is 0.271 e. The van der Waals surface area contributed by atoms with Gasteiger partial charge in [0.05, 0.1) is 23.3 Å². The first-order valence-corrected chi connectivity index (χ1v) is 9.06. The van der Waals surface area contributed by atoms with Crippen molar-refractivity contribution in [3.63, 3.8) is 0 Å². The van der Waals surface area contributed by atoms with Crippen LogP contribution in [0.25, 0.3) is 10.2 Å². The Bertz CT molecular complexity index is 991. The van der Waals surface area contributed by atoms with E-state index in [0.717, 1.165) is 0 Å². The van der Waals surface area contributed by atoms with Gasteiger partial charge in [0, 0.05) is 0 Å². The van der Waals surface area contributed by atoms with Gasteiger partial charge >= 0.3 is 0 Å². The quantitative estimate of drug-likeness (QED) is 0.743. The second-order valence-electron chi connectivity index (χ2n) is 4.74. The molecule has 7 nitrogen and oxygen atoms in total. The topological polar surface area (TPSA) is 104 Å². The second-order valence-corrected chi connectivity index (χ2v) is 7.22. The number of hydrogen-bond donors (Lipinski definition) is 1. The Labute approximate surface area is 136 Å². The van der Waals surface area contributed by atoms with Crippen molar-refractivity contribution < 1.29 is 13.2 Å². The van der Waals surface area contributed by atoms with E-state index in [1.165, 1.54) is 46.5 Å². The largest absolute Gasteiger partial charge is 0.492 e. The number of fused-ring (bicyclic) bond motifs is 1. The monoisotopic (exact) mass is 351 g/mol. The van der Waals surface area contributed by atoms with Crippen LogP contribution < -0.4 is 15.4 Å². The smallest absolute Gasteiger partial charge is 0.271 e. The summed E-state index contributed by atoms with van der Waals surface area (Å²) in [5, 5.41) is 6.85. The SMILES string of the molecule is NS(=O)(=O)c1ccc(OCCn2cnc3ccsc3c2=O)cc1. The Morgan fingerprint density at radius 1 is 1.22 bits per heavy atom. The molecule has 2 aromatic heterocycles. The molecular weight excluding hydrogens is 338 g/mol. The van der Waals surface area contributed by atoms with Crippen LogP contribution in [0.15, 0.2) is 51.7 Å². The van der Waals surface area contributed by atoms with E-state index < -0.39 is 10.0 Å². The molecular formula is C14H13N3O4S2. The fourth-order valence-corrected chi connectivity index (χ4v) is 3.33. The van der Waals surface area contributed by atoms with Crippen LogP contribution in [0.4, 0.5) is 0 Å². The lowest BCUT2D eigenvalue weighted by Gasteiger charge is -2.08. The predicted molar refractivity (Wildman–Crippen MR) is 87.2 cm³/mol. The van der Waals surface area contributed by atoms with Crippen molar-refractivity contribution >= 4 is 31.6 Å². The summed E-state index contributed by atoms with van der Waals surface area (Å²) in [6, 6.07) is 7.58. The highest BCUT2D eigenvalue weighted by Gasteiger charge is 2.08. The molecule has 23 heavy (non-hydrogen) atoms. The lowest BCUT2D eigenvalue weighted by Crippen LogP contribution is -2.22. The van der Waals surface area contributed by atoms with E-state index in [4.69, 9.17) is 9.88 Å². The second kappa shape index (κ2) is 6.11. The highest BCUT2D eigenvalue weighted by atomic mass is 32.2. The minimum absolute atomic E-state index is 0.0217. The number of hydrogen-bond acceptors (Lipinski definition) is 6. The summed E-state index contributed by atoms with van der Waals surface area (Å²) in [4.78, 5) is 16.4. The van der Waals surface area contributed by atoms with E-state index in [2.05, 4.69) is 4.98 Å². The molecule has 2 N–H and O–H groups in total. The molecule has 0 spiro atoms. The summed E-state index contributed by atoms with van der Waals surface area (Å²) in [5.74, 6) is 0.496. The molecule has 0 atom stereocenters. The van der Waals surface area contributed by atoms with Crippen LogP contribution in [0, 0.1) is 0 Å². The van der Waals surface area contributed by atoms with Gasteiger partial charge in [-0.15, -0.1) is 11.3 Å². The van der Waals surface area contributed by atoms with Crippen LogP contribution in [0.1, 0.15) is 0 Å². The van der Waals surface area contributed by atoms with Gasteiger partial charge in [-0.25, -0.2) is 18.5 Å². The van der Waals surface area contributed by atoms with Gasteiger partial charge in [-0.2, -0.15) is 0 Å². The van der Waals surface area contributed by atoms with Crippen molar-refractivity contribution in [2.24, 2.45) is 5.14 Å². The molecule has 9 heteroatoms. The molecule has 0 fully saturated rings. The number of thiophene rings is 1. The van der Waals surface area contributed by atoms with Gasteiger partial charge in [-0.3, -0.25) is 9.36 Å². The number of ether oxygens (including phenoxy) is 1. The molecule has 3 rings (SSSR count). The van der Waals surface area contributed by atoms with Gasteiger partial charge in [0.2, 0.25) is 10.0 Å². The zero-order chi connectivity index (χ0) is 16.4. The Hall–Kier alpha value is -2.23. The molecule has 3 aromatic rings. The van der Waals surface area contributed by atoms with Crippen molar-refractivity contribution in [3.05, 3.63) is 52.4 Å². The summed E-state index contributed by atoms with van der Waals surface area (Å²) in [7, 11) is -3.71. The Kier molecular flexibility index (Phi) is 4.16. The first-order chi connectivity index (χ1) is 10.9. The van der Waals surface area contributed by atoms with E-state index >= 15 is 0 Å². The summed E-state index contributed by atoms with van der Waals surface area (Å²) in [6.07, 6.45) is 1.49. The summed E-state index contributed by atoms with van der Waals surface area (Å²) < 4.78 is 29.9. The van der Waals surface area contributed by atoms with Crippen molar-refractivity contribution in [2.75, 3.05) is 6.61 Å². The van der Waals surface area contributed by atoms with Gasteiger partial charge in [0.1, 0.15) is 17.1 Å². The average molecular weight is 351 g/mol. The molecule has 0 aliphatic carbocycles. The molecule has 0 amide bonds. The molecule has 0 radical (unpaired) electrons. The van der Waals surface area contributed by atoms with Gasteiger partial charge in [0.15, 0.2) is 0 Å². The van der Waals surface area contributed by atoms with Gasteiger partial charge in [-0.05, 0) is 35.7 Å². The molecule has 0 unspecified atom stereocenters.